The highest BCUT2D eigenvalue weighted by Gasteiger charge is 2.51. The molecule has 0 aromatic carbocycles. The summed E-state index contributed by atoms with van der Waals surface area (Å²) in [5, 5.41) is 50.0. The van der Waals surface area contributed by atoms with Crippen LogP contribution in [0, 0.1) is 0 Å². The second kappa shape index (κ2) is 33.4. The molecule has 7 unspecified atom stereocenters. The van der Waals surface area contributed by atoms with Crippen LogP contribution in [0.25, 0.3) is 0 Å². The maximum atomic E-state index is 12.8. The maximum absolute atomic E-state index is 12.8. The molecule has 13 nitrogen and oxygen atoms in total. The van der Waals surface area contributed by atoms with Crippen LogP contribution in [-0.4, -0.2) is 98.3 Å². The van der Waals surface area contributed by atoms with Gasteiger partial charge in [-0.3, -0.25) is 18.6 Å². The third-order valence-electron chi connectivity index (χ3n) is 8.49. The van der Waals surface area contributed by atoms with Crippen molar-refractivity contribution in [2.45, 2.75) is 140 Å². The van der Waals surface area contributed by atoms with Crippen LogP contribution >= 0.6 is 7.82 Å². The van der Waals surface area contributed by atoms with Crippen molar-refractivity contribution in [3.05, 3.63) is 109 Å². The first-order valence-electron chi connectivity index (χ1n) is 20.3. The molecule has 0 amide bonds. The minimum absolute atomic E-state index is 0.0143. The van der Waals surface area contributed by atoms with Gasteiger partial charge in [0.25, 0.3) is 0 Å². The van der Waals surface area contributed by atoms with E-state index in [1.165, 1.54) is 0 Å². The Kier molecular flexibility index (Phi) is 30.2. The molecule has 1 aliphatic rings. The average molecular weight is 835 g/mol. The highest BCUT2D eigenvalue weighted by atomic mass is 31.2. The summed E-state index contributed by atoms with van der Waals surface area (Å²) in [6, 6.07) is 0. The molecule has 0 aromatic rings. The fraction of sp³-hybridized carbons (Fsp3) is 0.545. The fourth-order valence-electron chi connectivity index (χ4n) is 5.25. The van der Waals surface area contributed by atoms with Crippen LogP contribution in [-0.2, 0) is 32.7 Å². The summed E-state index contributed by atoms with van der Waals surface area (Å²) in [4.78, 5) is 35.5. The number of carbonyl (C=O) groups is 2. The maximum Gasteiger partial charge on any atom is 0.472 e. The van der Waals surface area contributed by atoms with Gasteiger partial charge in [-0.25, -0.2) is 4.57 Å². The van der Waals surface area contributed by atoms with Crippen molar-refractivity contribution in [3.63, 3.8) is 0 Å². The molecule has 0 radical (unpaired) electrons. The smallest absolute Gasteiger partial charge is 0.462 e. The van der Waals surface area contributed by atoms with Crippen LogP contribution in [0.15, 0.2) is 109 Å². The van der Waals surface area contributed by atoms with E-state index in [1.807, 2.05) is 54.7 Å². The number of hydrogen-bond acceptors (Lipinski definition) is 12. The van der Waals surface area contributed by atoms with Gasteiger partial charge >= 0.3 is 19.8 Å². The van der Waals surface area contributed by atoms with Crippen molar-refractivity contribution < 1.29 is 63.1 Å². The molecule has 58 heavy (non-hydrogen) atoms. The molecular formula is C44H67O13P. The van der Waals surface area contributed by atoms with Crippen molar-refractivity contribution in [2.75, 3.05) is 13.2 Å². The standard InChI is InChI=1S/C44H67O13P/c1-3-5-7-9-11-13-15-17-18-19-21-22-24-26-28-30-32-37(45)54-34-36(35-55-58(52,53)57-44-42(50)40(48)39(47)41(49)43(44)51)56-38(46)33-31-29-27-25-23-20-16-14-12-10-8-6-4-2/h5-8,10-14,16-18,20-23,25,27,36,39-44,47-51H,3-4,9,15,19,24,26,28-35H2,1-2H3,(H,52,53)/b7-5+,8-6+,12-10+,13-11+,16-14+,18-17+,22-21+,23-20+,27-25+/t36?,39?,40-,41?,42?,43?,44?/m0/s1. The number of carbonyl (C=O) groups excluding carboxylic acids is 2. The van der Waals surface area contributed by atoms with E-state index in [2.05, 4.69) is 68.5 Å². The minimum Gasteiger partial charge on any atom is -0.462 e. The van der Waals surface area contributed by atoms with Crippen LogP contribution in [0.1, 0.15) is 97.3 Å². The van der Waals surface area contributed by atoms with Crippen molar-refractivity contribution >= 4 is 19.8 Å². The quantitative estimate of drug-likeness (QED) is 0.0144. The van der Waals surface area contributed by atoms with Crippen molar-refractivity contribution in [1.29, 1.82) is 0 Å². The van der Waals surface area contributed by atoms with Crippen LogP contribution in [0.4, 0.5) is 0 Å². The Morgan fingerprint density at radius 3 is 1.62 bits per heavy atom. The second-order valence-corrected chi connectivity index (χ2v) is 14.9. The summed E-state index contributed by atoms with van der Waals surface area (Å²) in [7, 11) is -5.15. The Hall–Kier alpha value is -3.49. The lowest BCUT2D eigenvalue weighted by atomic mass is 9.85. The topological polar surface area (TPSA) is 210 Å². The molecule has 0 bridgehead atoms. The number of aliphatic hydroxyl groups is 5. The van der Waals surface area contributed by atoms with Gasteiger partial charge in [-0.05, 0) is 64.2 Å². The van der Waals surface area contributed by atoms with E-state index in [0.29, 0.717) is 19.3 Å². The van der Waals surface area contributed by atoms with Gasteiger partial charge < -0.3 is 39.9 Å². The third kappa shape index (κ3) is 25.8. The highest BCUT2D eigenvalue weighted by Crippen LogP contribution is 2.47. The third-order valence-corrected chi connectivity index (χ3v) is 9.47. The van der Waals surface area contributed by atoms with Crippen molar-refractivity contribution in [1.82, 2.24) is 0 Å². The zero-order valence-corrected chi connectivity index (χ0v) is 34.9. The summed E-state index contributed by atoms with van der Waals surface area (Å²) in [5.74, 6) is -1.24. The number of unbranched alkanes of at least 4 members (excludes halogenated alkanes) is 4. The van der Waals surface area contributed by atoms with Gasteiger partial charge in [0.1, 0.15) is 43.2 Å². The molecule has 1 fully saturated rings. The molecule has 0 heterocycles. The Bertz CT molecular complexity index is 1430. The number of phosphoric ester groups is 1. The minimum atomic E-state index is -5.15. The van der Waals surface area contributed by atoms with Gasteiger partial charge in [0.15, 0.2) is 6.10 Å². The largest absolute Gasteiger partial charge is 0.472 e. The first-order chi connectivity index (χ1) is 27.9. The summed E-state index contributed by atoms with van der Waals surface area (Å²) < 4.78 is 33.3. The Morgan fingerprint density at radius 2 is 1.03 bits per heavy atom. The van der Waals surface area contributed by atoms with Crippen LogP contribution < -0.4 is 0 Å². The fourth-order valence-corrected chi connectivity index (χ4v) is 6.22. The SMILES string of the molecule is CC/C=C/C=C/C=C/C=C/C=C/CCCC(=O)OC(COC(=O)CCCCC/C=C/C/C=C/C/C=C/C/C=C/CC)COP(=O)(O)OC1C(O)C(O)C(O)[C@H](O)C1O. The van der Waals surface area contributed by atoms with E-state index in [0.717, 1.165) is 51.4 Å². The zero-order chi connectivity index (χ0) is 42.9. The lowest BCUT2D eigenvalue weighted by Gasteiger charge is -2.41. The molecule has 0 aromatic heterocycles. The van der Waals surface area contributed by atoms with Crippen molar-refractivity contribution in [3.8, 4) is 0 Å². The normalized spacial score (nSPS) is 23.7. The predicted octanol–water partition coefficient (Wildman–Crippen LogP) is 6.88. The molecule has 1 saturated carbocycles. The van der Waals surface area contributed by atoms with E-state index in [-0.39, 0.29) is 12.8 Å². The molecule has 14 heteroatoms. The first kappa shape index (κ1) is 52.5. The average Bonchev–Trinajstić information content (AvgIpc) is 3.20. The number of hydrogen-bond donors (Lipinski definition) is 6. The van der Waals surface area contributed by atoms with E-state index < -0.39 is 75.7 Å². The summed E-state index contributed by atoms with van der Waals surface area (Å²) in [6.07, 6.45) is 31.7. The summed E-state index contributed by atoms with van der Waals surface area (Å²) in [6.45, 7) is 2.90. The lowest BCUT2D eigenvalue weighted by molar-refractivity contribution is -0.220. The number of allylic oxidation sites excluding steroid dienone is 18. The first-order valence-corrected chi connectivity index (χ1v) is 21.8. The van der Waals surface area contributed by atoms with Crippen LogP contribution in [0.2, 0.25) is 0 Å². The van der Waals surface area contributed by atoms with E-state index >= 15 is 0 Å². The molecular weight excluding hydrogens is 767 g/mol. The molecule has 0 spiro atoms. The predicted molar refractivity (Wildman–Crippen MR) is 225 cm³/mol. The van der Waals surface area contributed by atoms with Crippen molar-refractivity contribution in [2.24, 2.45) is 0 Å². The van der Waals surface area contributed by atoms with E-state index in [4.69, 9.17) is 18.5 Å². The van der Waals surface area contributed by atoms with Gasteiger partial charge in [-0.1, -0.05) is 130 Å². The van der Waals surface area contributed by atoms with Crippen LogP contribution in [0.5, 0.6) is 0 Å². The number of esters is 2. The van der Waals surface area contributed by atoms with Crippen LogP contribution in [0.3, 0.4) is 0 Å². The van der Waals surface area contributed by atoms with Gasteiger partial charge in [0, 0.05) is 12.8 Å². The number of rotatable bonds is 30. The summed E-state index contributed by atoms with van der Waals surface area (Å²) >= 11 is 0. The number of ether oxygens (including phenoxy) is 2. The second-order valence-electron chi connectivity index (χ2n) is 13.5. The number of aliphatic hydroxyl groups excluding tert-OH is 5. The Labute approximate surface area is 344 Å². The van der Waals surface area contributed by atoms with Gasteiger partial charge in [-0.2, -0.15) is 0 Å². The zero-order valence-electron chi connectivity index (χ0n) is 34.0. The molecule has 6 N–H and O–H groups in total. The molecule has 1 aliphatic carbocycles. The molecule has 0 aliphatic heterocycles. The highest BCUT2D eigenvalue weighted by molar-refractivity contribution is 7.47. The van der Waals surface area contributed by atoms with Gasteiger partial charge in [-0.15, -0.1) is 0 Å². The molecule has 8 atom stereocenters. The van der Waals surface area contributed by atoms with Gasteiger partial charge in [0.05, 0.1) is 6.61 Å². The Balaban J connectivity index is 2.60. The van der Waals surface area contributed by atoms with E-state index in [9.17, 15) is 44.6 Å². The molecule has 0 saturated heterocycles. The van der Waals surface area contributed by atoms with Gasteiger partial charge in [0.2, 0.25) is 0 Å². The Morgan fingerprint density at radius 1 is 0.552 bits per heavy atom. The summed E-state index contributed by atoms with van der Waals surface area (Å²) in [5.41, 5.74) is 0. The number of phosphoric acid groups is 1. The molecule has 326 valence electrons. The molecule has 1 rings (SSSR count). The van der Waals surface area contributed by atoms with E-state index in [1.54, 1.807) is 0 Å². The lowest BCUT2D eigenvalue weighted by Crippen LogP contribution is -2.64. The monoisotopic (exact) mass is 834 g/mol.